The minimum Gasteiger partial charge on any atom is -0.398 e. The van der Waals surface area contributed by atoms with E-state index in [9.17, 15) is 4.79 Å². The molecule has 3 nitrogen and oxygen atoms in total. The van der Waals surface area contributed by atoms with Gasteiger partial charge in [-0.25, -0.2) is 0 Å². The fraction of sp³-hybridized carbons (Fsp3) is 0.214. The van der Waals surface area contributed by atoms with Crippen LogP contribution in [-0.4, -0.2) is 5.91 Å². The summed E-state index contributed by atoms with van der Waals surface area (Å²) in [7, 11) is 0. The van der Waals surface area contributed by atoms with Crippen LogP contribution in [0.5, 0.6) is 0 Å². The largest absolute Gasteiger partial charge is 0.398 e. The Hall–Kier alpha value is -1.81. The van der Waals surface area contributed by atoms with Crippen LogP contribution in [0.15, 0.2) is 35.7 Å². The Morgan fingerprint density at radius 3 is 2.83 bits per heavy atom. The molecule has 94 valence electrons. The van der Waals surface area contributed by atoms with Gasteiger partial charge in [0.15, 0.2) is 0 Å². The Morgan fingerprint density at radius 1 is 1.39 bits per heavy atom. The van der Waals surface area contributed by atoms with Gasteiger partial charge in [-0.2, -0.15) is 0 Å². The fourth-order valence-electron chi connectivity index (χ4n) is 1.75. The van der Waals surface area contributed by atoms with Crippen molar-refractivity contribution in [1.82, 2.24) is 5.32 Å². The fourth-order valence-corrected chi connectivity index (χ4v) is 2.48. The normalized spacial score (nSPS) is 12.1. The molecule has 2 rings (SSSR count). The highest BCUT2D eigenvalue weighted by atomic mass is 32.1. The molecule has 3 N–H and O–H groups in total. The van der Waals surface area contributed by atoms with Gasteiger partial charge < -0.3 is 11.1 Å². The number of benzene rings is 1. The molecule has 4 heteroatoms. The summed E-state index contributed by atoms with van der Waals surface area (Å²) >= 11 is 1.63. The first kappa shape index (κ1) is 12.6. The van der Waals surface area contributed by atoms with Crippen LogP contribution in [0.3, 0.4) is 0 Å². The molecule has 0 spiro atoms. The monoisotopic (exact) mass is 260 g/mol. The second kappa shape index (κ2) is 5.23. The molecule has 0 aliphatic rings. The third-order valence-corrected chi connectivity index (χ3v) is 3.83. The van der Waals surface area contributed by atoms with Crippen molar-refractivity contribution in [1.29, 1.82) is 0 Å². The van der Waals surface area contributed by atoms with Gasteiger partial charge in [-0.1, -0.05) is 17.7 Å². The highest BCUT2D eigenvalue weighted by Crippen LogP contribution is 2.20. The maximum absolute atomic E-state index is 12.1. The quantitative estimate of drug-likeness (QED) is 0.833. The van der Waals surface area contributed by atoms with E-state index in [1.54, 1.807) is 17.4 Å². The Labute approximate surface area is 111 Å². The van der Waals surface area contributed by atoms with Crippen LogP contribution < -0.4 is 11.1 Å². The third-order valence-electron chi connectivity index (χ3n) is 2.77. The number of aryl methyl sites for hydroxylation is 1. The summed E-state index contributed by atoms with van der Waals surface area (Å²) in [6.45, 7) is 3.91. The third kappa shape index (κ3) is 2.71. The Kier molecular flexibility index (Phi) is 3.67. The zero-order valence-corrected chi connectivity index (χ0v) is 11.3. The lowest BCUT2D eigenvalue weighted by molar-refractivity contribution is 0.0941. The smallest absolute Gasteiger partial charge is 0.253 e. The number of anilines is 1. The predicted octanol–water partition coefficient (Wildman–Crippen LogP) is 3.13. The van der Waals surface area contributed by atoms with Crippen molar-refractivity contribution in [3.8, 4) is 0 Å². The van der Waals surface area contributed by atoms with E-state index in [4.69, 9.17) is 5.73 Å². The van der Waals surface area contributed by atoms with E-state index in [-0.39, 0.29) is 11.9 Å². The summed E-state index contributed by atoms with van der Waals surface area (Å²) < 4.78 is 0. The second-order valence-corrected chi connectivity index (χ2v) is 5.28. The highest BCUT2D eigenvalue weighted by molar-refractivity contribution is 7.10. The van der Waals surface area contributed by atoms with E-state index in [1.165, 1.54) is 0 Å². The Morgan fingerprint density at radius 2 is 2.17 bits per heavy atom. The number of carbonyl (C=O) groups is 1. The Bertz CT molecular complexity index is 549. The van der Waals surface area contributed by atoms with E-state index >= 15 is 0 Å². The standard InChI is InChI=1S/C14H16N2OS/c1-9-5-6-12(15)11(8-9)14(17)16-10(2)13-4-3-7-18-13/h3-8,10H,15H2,1-2H3,(H,16,17)/t10-/m1/s1. The van der Waals surface area contributed by atoms with Gasteiger partial charge in [0.2, 0.25) is 0 Å². The number of nitrogen functional groups attached to an aromatic ring is 1. The number of hydrogen-bond donors (Lipinski definition) is 2. The zero-order chi connectivity index (χ0) is 13.1. The van der Waals surface area contributed by atoms with Gasteiger partial charge in [-0.05, 0) is 37.4 Å². The first-order valence-corrected chi connectivity index (χ1v) is 6.66. The van der Waals surface area contributed by atoms with Crippen molar-refractivity contribution < 1.29 is 4.79 Å². The Balaban J connectivity index is 2.15. The van der Waals surface area contributed by atoms with Crippen LogP contribution in [-0.2, 0) is 0 Å². The molecule has 1 aromatic heterocycles. The van der Waals surface area contributed by atoms with Gasteiger partial charge in [-0.15, -0.1) is 11.3 Å². The molecule has 0 saturated heterocycles. The first-order valence-electron chi connectivity index (χ1n) is 5.78. The number of carbonyl (C=O) groups excluding carboxylic acids is 1. The lowest BCUT2D eigenvalue weighted by Crippen LogP contribution is -2.26. The SMILES string of the molecule is Cc1ccc(N)c(C(=O)N[C@H](C)c2cccs2)c1. The van der Waals surface area contributed by atoms with Crippen LogP contribution in [0.25, 0.3) is 0 Å². The van der Waals surface area contributed by atoms with Crippen LogP contribution in [0.1, 0.15) is 33.8 Å². The highest BCUT2D eigenvalue weighted by Gasteiger charge is 2.14. The van der Waals surface area contributed by atoms with Crippen LogP contribution in [0.4, 0.5) is 5.69 Å². The second-order valence-electron chi connectivity index (χ2n) is 4.30. The van der Waals surface area contributed by atoms with Crippen LogP contribution in [0.2, 0.25) is 0 Å². The molecular weight excluding hydrogens is 244 g/mol. The van der Waals surface area contributed by atoms with Gasteiger partial charge >= 0.3 is 0 Å². The number of hydrogen-bond acceptors (Lipinski definition) is 3. The van der Waals surface area contributed by atoms with Crippen molar-refractivity contribution in [2.24, 2.45) is 0 Å². The minimum atomic E-state index is -0.128. The van der Waals surface area contributed by atoms with Gasteiger partial charge in [0.05, 0.1) is 11.6 Å². The van der Waals surface area contributed by atoms with E-state index in [0.29, 0.717) is 11.3 Å². The minimum absolute atomic E-state index is 0.00240. The molecule has 2 aromatic rings. The molecule has 1 aromatic carbocycles. The van der Waals surface area contributed by atoms with Crippen molar-refractivity contribution in [2.75, 3.05) is 5.73 Å². The number of nitrogens with two attached hydrogens (primary N) is 1. The van der Waals surface area contributed by atoms with Crippen LogP contribution in [0, 0.1) is 6.92 Å². The molecule has 1 atom stereocenters. The van der Waals surface area contributed by atoms with Gasteiger partial charge in [0, 0.05) is 10.6 Å². The predicted molar refractivity (Wildman–Crippen MR) is 75.8 cm³/mol. The van der Waals surface area contributed by atoms with Crippen molar-refractivity contribution in [2.45, 2.75) is 19.9 Å². The number of nitrogens with one attached hydrogen (secondary N) is 1. The lowest BCUT2D eigenvalue weighted by Gasteiger charge is -2.13. The molecule has 0 unspecified atom stereocenters. The number of rotatable bonds is 3. The van der Waals surface area contributed by atoms with Crippen LogP contribution >= 0.6 is 11.3 Å². The molecule has 0 fully saturated rings. The summed E-state index contributed by atoms with van der Waals surface area (Å²) in [6, 6.07) is 9.46. The van der Waals surface area contributed by atoms with Gasteiger partial charge in [-0.3, -0.25) is 4.79 Å². The van der Waals surface area contributed by atoms with Crippen molar-refractivity contribution in [3.63, 3.8) is 0 Å². The van der Waals surface area contributed by atoms with E-state index in [1.807, 2.05) is 43.5 Å². The summed E-state index contributed by atoms with van der Waals surface area (Å²) in [5.41, 5.74) is 7.90. The van der Waals surface area contributed by atoms with E-state index in [0.717, 1.165) is 10.4 Å². The van der Waals surface area contributed by atoms with Crippen molar-refractivity contribution >= 4 is 22.9 Å². The van der Waals surface area contributed by atoms with Crippen molar-refractivity contribution in [3.05, 3.63) is 51.7 Å². The summed E-state index contributed by atoms with van der Waals surface area (Å²) in [6.07, 6.45) is 0. The zero-order valence-electron chi connectivity index (χ0n) is 10.4. The molecule has 0 bridgehead atoms. The molecular formula is C14H16N2OS. The maximum Gasteiger partial charge on any atom is 0.253 e. The average molecular weight is 260 g/mol. The summed E-state index contributed by atoms with van der Waals surface area (Å²) in [5, 5.41) is 4.96. The molecule has 1 heterocycles. The molecule has 0 radical (unpaired) electrons. The lowest BCUT2D eigenvalue weighted by atomic mass is 10.1. The summed E-state index contributed by atoms with van der Waals surface area (Å²) in [4.78, 5) is 13.3. The molecule has 0 saturated carbocycles. The van der Waals surface area contributed by atoms with Gasteiger partial charge in [0.25, 0.3) is 5.91 Å². The first-order chi connectivity index (χ1) is 8.58. The molecule has 0 aliphatic heterocycles. The topological polar surface area (TPSA) is 55.1 Å². The molecule has 18 heavy (non-hydrogen) atoms. The van der Waals surface area contributed by atoms with E-state index < -0.39 is 0 Å². The van der Waals surface area contributed by atoms with Gasteiger partial charge in [0.1, 0.15) is 0 Å². The average Bonchev–Trinajstić information content (AvgIpc) is 2.85. The molecule has 0 aliphatic carbocycles. The molecule has 1 amide bonds. The number of amides is 1. The maximum atomic E-state index is 12.1. The number of thiophene rings is 1. The van der Waals surface area contributed by atoms with E-state index in [2.05, 4.69) is 5.32 Å². The summed E-state index contributed by atoms with van der Waals surface area (Å²) in [5.74, 6) is -0.128.